The fraction of sp³-hybridized carbons (Fsp3) is 0.0909. The molecule has 3 aromatic carbocycles. The number of nitrogens with zero attached hydrogens (tertiary/aromatic N) is 1. The summed E-state index contributed by atoms with van der Waals surface area (Å²) in [4.78, 5) is 2.12. The minimum Gasteiger partial charge on any atom is -0.345 e. The van der Waals surface area contributed by atoms with Gasteiger partial charge in [0, 0.05) is 18.4 Å². The van der Waals surface area contributed by atoms with Crippen LogP contribution in [0.2, 0.25) is 0 Å². The quantitative estimate of drug-likeness (QED) is 0.704. The molecule has 3 aromatic rings. The summed E-state index contributed by atoms with van der Waals surface area (Å²) < 4.78 is 0. The monoisotopic (exact) mass is 299 g/mol. The maximum absolute atomic E-state index is 4.24. The lowest BCUT2D eigenvalue weighted by Gasteiger charge is -2.20. The van der Waals surface area contributed by atoms with E-state index in [9.17, 15) is 0 Å². The van der Waals surface area contributed by atoms with E-state index in [1.165, 1.54) is 21.2 Å². The molecule has 0 fully saturated rings. The maximum atomic E-state index is 4.24. The van der Waals surface area contributed by atoms with E-state index in [1.54, 1.807) is 0 Å². The van der Waals surface area contributed by atoms with Gasteiger partial charge in [-0.15, -0.1) is 0 Å². The average Bonchev–Trinajstić information content (AvgIpc) is 2.61. The van der Waals surface area contributed by atoms with E-state index in [0.29, 0.717) is 0 Å². The standard InChI is InChI=1S/C22H21N/c1-4-18-9-5-7-11-20(18)15-17(2)23(3)22-14-13-19-10-6-8-12-21(19)16-22/h4-16H,2H2,1,3H3/b18-4-,20-15-. The van der Waals surface area contributed by atoms with E-state index in [2.05, 4.69) is 104 Å². The fourth-order valence-electron chi connectivity index (χ4n) is 2.73. The van der Waals surface area contributed by atoms with Crippen LogP contribution in [0.5, 0.6) is 0 Å². The maximum Gasteiger partial charge on any atom is 0.0414 e. The zero-order chi connectivity index (χ0) is 16.2. The van der Waals surface area contributed by atoms with Gasteiger partial charge >= 0.3 is 0 Å². The molecule has 0 bridgehead atoms. The molecule has 3 rings (SSSR count). The van der Waals surface area contributed by atoms with Gasteiger partial charge in [0.1, 0.15) is 0 Å². The van der Waals surface area contributed by atoms with Crippen LogP contribution < -0.4 is 15.3 Å². The summed E-state index contributed by atoms with van der Waals surface area (Å²) in [5, 5.41) is 4.91. The molecule has 0 atom stereocenters. The Hall–Kier alpha value is -2.80. The Kier molecular flexibility index (Phi) is 4.29. The summed E-state index contributed by atoms with van der Waals surface area (Å²) in [5.74, 6) is 0. The minimum absolute atomic E-state index is 0.967. The molecule has 1 heteroatoms. The molecule has 0 N–H and O–H groups in total. The van der Waals surface area contributed by atoms with Gasteiger partial charge in [-0.2, -0.15) is 0 Å². The predicted molar refractivity (Wildman–Crippen MR) is 102 cm³/mol. The summed E-state index contributed by atoms with van der Waals surface area (Å²) in [5.41, 5.74) is 2.11. The Morgan fingerprint density at radius 1 is 0.870 bits per heavy atom. The van der Waals surface area contributed by atoms with E-state index < -0.39 is 0 Å². The molecule has 0 aliphatic carbocycles. The molecule has 0 amide bonds. The molecular weight excluding hydrogens is 278 g/mol. The molecule has 0 radical (unpaired) electrons. The van der Waals surface area contributed by atoms with Crippen LogP contribution in [0.3, 0.4) is 0 Å². The van der Waals surface area contributed by atoms with Crippen LogP contribution in [-0.4, -0.2) is 7.05 Å². The lowest BCUT2D eigenvalue weighted by molar-refractivity contribution is 1.17. The van der Waals surface area contributed by atoms with Gasteiger partial charge in [0.15, 0.2) is 0 Å². The molecule has 0 saturated heterocycles. The number of benzene rings is 3. The van der Waals surface area contributed by atoms with Gasteiger partial charge in [-0.05, 0) is 46.3 Å². The van der Waals surface area contributed by atoms with E-state index in [0.717, 1.165) is 11.4 Å². The summed E-state index contributed by atoms with van der Waals surface area (Å²) in [7, 11) is 2.06. The average molecular weight is 299 g/mol. The van der Waals surface area contributed by atoms with E-state index in [-0.39, 0.29) is 0 Å². The first-order chi connectivity index (χ1) is 11.2. The molecule has 0 spiro atoms. The topological polar surface area (TPSA) is 3.24 Å². The second-order valence-electron chi connectivity index (χ2n) is 5.64. The Morgan fingerprint density at radius 2 is 1.52 bits per heavy atom. The molecule has 0 aliphatic heterocycles. The van der Waals surface area contributed by atoms with Crippen LogP contribution in [0.25, 0.3) is 22.9 Å². The lowest BCUT2D eigenvalue weighted by atomic mass is 10.1. The van der Waals surface area contributed by atoms with Crippen LogP contribution in [0.1, 0.15) is 6.92 Å². The van der Waals surface area contributed by atoms with Gasteiger partial charge in [0.2, 0.25) is 0 Å². The summed E-state index contributed by atoms with van der Waals surface area (Å²) in [6.07, 6.45) is 4.25. The van der Waals surface area contributed by atoms with Gasteiger partial charge in [0.05, 0.1) is 0 Å². The van der Waals surface area contributed by atoms with Crippen LogP contribution in [-0.2, 0) is 0 Å². The molecular formula is C22H21N. The first-order valence-corrected chi connectivity index (χ1v) is 7.83. The molecule has 23 heavy (non-hydrogen) atoms. The first kappa shape index (κ1) is 15.1. The third kappa shape index (κ3) is 3.19. The summed E-state index contributed by atoms with van der Waals surface area (Å²) in [6.45, 7) is 6.30. The van der Waals surface area contributed by atoms with E-state index in [1.807, 2.05) is 0 Å². The van der Waals surface area contributed by atoms with Crippen molar-refractivity contribution < 1.29 is 0 Å². The summed E-state index contributed by atoms with van der Waals surface area (Å²) in [6, 6.07) is 23.3. The summed E-state index contributed by atoms with van der Waals surface area (Å²) >= 11 is 0. The third-order valence-corrected chi connectivity index (χ3v) is 4.18. The highest BCUT2D eigenvalue weighted by Gasteiger charge is 2.04. The second-order valence-corrected chi connectivity index (χ2v) is 5.64. The third-order valence-electron chi connectivity index (χ3n) is 4.18. The van der Waals surface area contributed by atoms with Gasteiger partial charge in [-0.1, -0.05) is 67.3 Å². The van der Waals surface area contributed by atoms with Gasteiger partial charge < -0.3 is 4.90 Å². The van der Waals surface area contributed by atoms with Gasteiger partial charge in [-0.3, -0.25) is 0 Å². The number of allylic oxidation sites excluding steroid dienone is 1. The van der Waals surface area contributed by atoms with Crippen LogP contribution >= 0.6 is 0 Å². The zero-order valence-corrected chi connectivity index (χ0v) is 13.7. The van der Waals surface area contributed by atoms with Gasteiger partial charge in [-0.25, -0.2) is 0 Å². The highest BCUT2D eigenvalue weighted by Crippen LogP contribution is 2.23. The van der Waals surface area contributed by atoms with Crippen LogP contribution in [0, 0.1) is 0 Å². The van der Waals surface area contributed by atoms with E-state index in [4.69, 9.17) is 0 Å². The molecule has 0 aliphatic rings. The molecule has 0 aromatic heterocycles. The first-order valence-electron chi connectivity index (χ1n) is 7.83. The molecule has 1 nitrogen and oxygen atoms in total. The normalized spacial score (nSPS) is 12.6. The van der Waals surface area contributed by atoms with Crippen molar-refractivity contribution >= 4 is 28.6 Å². The van der Waals surface area contributed by atoms with Crippen LogP contribution in [0.4, 0.5) is 5.69 Å². The highest BCUT2D eigenvalue weighted by molar-refractivity contribution is 5.86. The second kappa shape index (κ2) is 6.53. The number of fused-ring (bicyclic) bond motifs is 1. The lowest BCUT2D eigenvalue weighted by Crippen LogP contribution is -2.25. The smallest absolute Gasteiger partial charge is 0.0414 e. The van der Waals surface area contributed by atoms with Crippen molar-refractivity contribution in [2.24, 2.45) is 0 Å². The number of hydrogen-bond acceptors (Lipinski definition) is 1. The Bertz CT molecular complexity index is 966. The minimum atomic E-state index is 0.967. The number of hydrogen-bond donors (Lipinski definition) is 0. The number of rotatable bonds is 3. The van der Waals surface area contributed by atoms with Crippen molar-refractivity contribution in [3.63, 3.8) is 0 Å². The highest BCUT2D eigenvalue weighted by atomic mass is 15.1. The Morgan fingerprint density at radius 3 is 2.26 bits per heavy atom. The van der Waals surface area contributed by atoms with Crippen molar-refractivity contribution in [2.45, 2.75) is 6.92 Å². The zero-order valence-electron chi connectivity index (χ0n) is 13.7. The Balaban J connectivity index is 1.98. The van der Waals surface area contributed by atoms with Crippen molar-refractivity contribution in [1.29, 1.82) is 0 Å². The molecule has 114 valence electrons. The fourth-order valence-corrected chi connectivity index (χ4v) is 2.73. The van der Waals surface area contributed by atoms with Crippen molar-refractivity contribution in [3.05, 3.63) is 89.4 Å². The Labute approximate surface area is 137 Å². The SMILES string of the molecule is C=C(/C=c1/cccc/c1=C/C)N(C)c1ccc2ccccc2c1. The molecule has 0 unspecified atom stereocenters. The van der Waals surface area contributed by atoms with Crippen LogP contribution in [0.15, 0.2) is 79.0 Å². The van der Waals surface area contributed by atoms with Crippen molar-refractivity contribution in [2.75, 3.05) is 11.9 Å². The molecule has 0 saturated carbocycles. The largest absolute Gasteiger partial charge is 0.345 e. The number of anilines is 1. The van der Waals surface area contributed by atoms with E-state index >= 15 is 0 Å². The van der Waals surface area contributed by atoms with Crippen molar-refractivity contribution in [1.82, 2.24) is 0 Å². The molecule has 0 heterocycles. The van der Waals surface area contributed by atoms with Gasteiger partial charge in [0.25, 0.3) is 0 Å². The van der Waals surface area contributed by atoms with Crippen molar-refractivity contribution in [3.8, 4) is 0 Å². The predicted octanol–water partition coefficient (Wildman–Crippen LogP) is 4.07.